The van der Waals surface area contributed by atoms with Gasteiger partial charge in [0.25, 0.3) is 0 Å². The van der Waals surface area contributed by atoms with E-state index in [1.165, 1.54) is 0 Å². The summed E-state index contributed by atoms with van der Waals surface area (Å²) in [6.45, 7) is 2.01. The Morgan fingerprint density at radius 3 is 2.55 bits per heavy atom. The van der Waals surface area contributed by atoms with E-state index in [4.69, 9.17) is 23.8 Å². The van der Waals surface area contributed by atoms with Gasteiger partial charge in [0.15, 0.2) is 5.11 Å². The Hall–Kier alpha value is -3.55. The van der Waals surface area contributed by atoms with E-state index in [1.807, 2.05) is 67.6 Å². The molecule has 2 aromatic heterocycles. The molecule has 6 nitrogen and oxygen atoms in total. The molecule has 3 N–H and O–H groups in total. The van der Waals surface area contributed by atoms with E-state index in [9.17, 15) is 0 Å². The number of rotatable bonds is 5. The van der Waals surface area contributed by atoms with E-state index in [0.29, 0.717) is 16.1 Å². The van der Waals surface area contributed by atoms with E-state index in [1.54, 1.807) is 18.6 Å². The number of anilines is 4. The number of thiocarbonyl (C=S) groups is 1. The summed E-state index contributed by atoms with van der Waals surface area (Å²) in [4.78, 5) is 13.1. The SMILES string of the molecule is Cc1ccc(NC(=S)Nc2cccc(Cl)c2)cc1Nc1nccc(-c2cccnc2)n1. The maximum absolute atomic E-state index is 6.03. The Balaban J connectivity index is 1.49. The third-order valence-electron chi connectivity index (χ3n) is 4.44. The molecule has 0 aliphatic heterocycles. The number of halogens is 1. The molecule has 0 radical (unpaired) electrons. The third kappa shape index (κ3) is 5.53. The van der Waals surface area contributed by atoms with Gasteiger partial charge in [-0.25, -0.2) is 9.97 Å². The molecule has 0 saturated carbocycles. The van der Waals surface area contributed by atoms with Crippen LogP contribution in [-0.4, -0.2) is 20.1 Å². The van der Waals surface area contributed by atoms with Gasteiger partial charge in [0.2, 0.25) is 5.95 Å². The summed E-state index contributed by atoms with van der Waals surface area (Å²) in [5.74, 6) is 0.501. The molecule has 2 heterocycles. The van der Waals surface area contributed by atoms with Crippen molar-refractivity contribution in [2.45, 2.75) is 6.92 Å². The van der Waals surface area contributed by atoms with E-state index in [-0.39, 0.29) is 0 Å². The highest BCUT2D eigenvalue weighted by Gasteiger charge is 2.07. The summed E-state index contributed by atoms with van der Waals surface area (Å²) in [6.07, 6.45) is 5.23. The van der Waals surface area contributed by atoms with Crippen LogP contribution < -0.4 is 16.0 Å². The van der Waals surface area contributed by atoms with Gasteiger partial charge in [0, 0.05) is 46.2 Å². The summed E-state index contributed by atoms with van der Waals surface area (Å²) < 4.78 is 0. The summed E-state index contributed by atoms with van der Waals surface area (Å²) >= 11 is 11.4. The van der Waals surface area contributed by atoms with Gasteiger partial charge in [-0.05, 0) is 73.2 Å². The molecule has 0 unspecified atom stereocenters. The van der Waals surface area contributed by atoms with Crippen LogP contribution in [0.2, 0.25) is 5.02 Å². The quantitative estimate of drug-likeness (QED) is 0.322. The smallest absolute Gasteiger partial charge is 0.227 e. The Kier molecular flexibility index (Phi) is 6.35. The topological polar surface area (TPSA) is 74.8 Å². The standard InChI is InChI=1S/C23H19ClN6S/c1-15-7-8-19(28-23(31)27-18-6-2-5-17(24)12-18)13-21(15)30-22-26-11-9-20(29-22)16-4-3-10-25-14-16/h2-14H,1H3,(H,26,29,30)(H2,27,28,31). The second kappa shape index (κ2) is 9.51. The number of aryl methyl sites for hydroxylation is 1. The monoisotopic (exact) mass is 446 g/mol. The van der Waals surface area contributed by atoms with Crippen LogP contribution in [-0.2, 0) is 0 Å². The second-order valence-corrected chi connectivity index (χ2v) is 7.60. The van der Waals surface area contributed by atoms with E-state index >= 15 is 0 Å². The minimum Gasteiger partial charge on any atom is -0.332 e. The van der Waals surface area contributed by atoms with Crippen molar-refractivity contribution in [3.05, 3.63) is 89.8 Å². The van der Waals surface area contributed by atoms with Gasteiger partial charge in [-0.3, -0.25) is 4.98 Å². The van der Waals surface area contributed by atoms with E-state index < -0.39 is 0 Å². The average molecular weight is 447 g/mol. The number of pyridine rings is 1. The first-order chi connectivity index (χ1) is 15.1. The molecule has 0 aliphatic carbocycles. The lowest BCUT2D eigenvalue weighted by molar-refractivity contribution is 1.16. The largest absolute Gasteiger partial charge is 0.332 e. The summed E-state index contributed by atoms with van der Waals surface area (Å²) in [6, 6.07) is 19.0. The molecule has 4 aromatic rings. The van der Waals surface area contributed by atoms with Crippen LogP contribution >= 0.6 is 23.8 Å². The fraction of sp³-hybridized carbons (Fsp3) is 0.0435. The predicted molar refractivity (Wildman–Crippen MR) is 131 cm³/mol. The number of benzene rings is 2. The third-order valence-corrected chi connectivity index (χ3v) is 4.88. The van der Waals surface area contributed by atoms with Crippen molar-refractivity contribution in [1.29, 1.82) is 0 Å². The number of hydrogen-bond acceptors (Lipinski definition) is 5. The van der Waals surface area contributed by atoms with Crippen molar-refractivity contribution in [2.75, 3.05) is 16.0 Å². The highest BCUT2D eigenvalue weighted by atomic mass is 35.5. The molecule has 0 bridgehead atoms. The lowest BCUT2D eigenvalue weighted by Gasteiger charge is -2.14. The first kappa shape index (κ1) is 20.7. The van der Waals surface area contributed by atoms with Crippen molar-refractivity contribution in [2.24, 2.45) is 0 Å². The van der Waals surface area contributed by atoms with Crippen LogP contribution in [0.4, 0.5) is 23.0 Å². The van der Waals surface area contributed by atoms with Crippen molar-refractivity contribution in [1.82, 2.24) is 15.0 Å². The fourth-order valence-corrected chi connectivity index (χ4v) is 3.33. The fourth-order valence-electron chi connectivity index (χ4n) is 2.91. The van der Waals surface area contributed by atoms with Crippen LogP contribution in [0.5, 0.6) is 0 Å². The summed E-state index contributed by atoms with van der Waals surface area (Å²) in [5.41, 5.74) is 5.29. The molecule has 154 valence electrons. The molecule has 0 fully saturated rings. The predicted octanol–water partition coefficient (Wildman–Crippen LogP) is 6.05. The summed E-state index contributed by atoms with van der Waals surface area (Å²) in [5, 5.41) is 10.7. The Morgan fingerprint density at radius 1 is 0.935 bits per heavy atom. The van der Waals surface area contributed by atoms with Crippen LogP contribution in [0.15, 0.2) is 79.3 Å². The summed E-state index contributed by atoms with van der Waals surface area (Å²) in [7, 11) is 0. The molecule has 0 amide bonds. The van der Waals surface area contributed by atoms with Crippen molar-refractivity contribution in [3.8, 4) is 11.3 Å². The molecule has 31 heavy (non-hydrogen) atoms. The van der Waals surface area contributed by atoms with E-state index in [2.05, 4.69) is 30.9 Å². The van der Waals surface area contributed by atoms with Gasteiger partial charge in [-0.2, -0.15) is 0 Å². The van der Waals surface area contributed by atoms with Gasteiger partial charge in [-0.1, -0.05) is 23.7 Å². The Bertz CT molecular complexity index is 1220. The van der Waals surface area contributed by atoms with Gasteiger partial charge in [-0.15, -0.1) is 0 Å². The second-order valence-electron chi connectivity index (χ2n) is 6.75. The van der Waals surface area contributed by atoms with Crippen molar-refractivity contribution >= 4 is 51.9 Å². The van der Waals surface area contributed by atoms with E-state index in [0.717, 1.165) is 33.9 Å². The Morgan fingerprint density at radius 2 is 1.77 bits per heavy atom. The van der Waals surface area contributed by atoms with Gasteiger partial charge >= 0.3 is 0 Å². The number of hydrogen-bond donors (Lipinski definition) is 3. The maximum Gasteiger partial charge on any atom is 0.227 e. The number of nitrogens with one attached hydrogen (secondary N) is 3. The molecular weight excluding hydrogens is 428 g/mol. The zero-order valence-corrected chi connectivity index (χ0v) is 18.2. The highest BCUT2D eigenvalue weighted by molar-refractivity contribution is 7.80. The highest BCUT2D eigenvalue weighted by Crippen LogP contribution is 2.24. The molecule has 0 atom stereocenters. The molecular formula is C23H19ClN6S. The van der Waals surface area contributed by atoms with Gasteiger partial charge in [0.1, 0.15) is 0 Å². The zero-order valence-electron chi connectivity index (χ0n) is 16.6. The minimum absolute atomic E-state index is 0.465. The van der Waals surface area contributed by atoms with Gasteiger partial charge in [0.05, 0.1) is 5.69 Å². The molecule has 8 heteroatoms. The molecule has 2 aromatic carbocycles. The zero-order chi connectivity index (χ0) is 21.6. The van der Waals surface area contributed by atoms with Gasteiger partial charge < -0.3 is 16.0 Å². The van der Waals surface area contributed by atoms with Crippen LogP contribution in [0, 0.1) is 6.92 Å². The lowest BCUT2D eigenvalue weighted by atomic mass is 10.2. The van der Waals surface area contributed by atoms with Crippen LogP contribution in [0.1, 0.15) is 5.56 Å². The Labute approximate surface area is 190 Å². The van der Waals surface area contributed by atoms with Crippen LogP contribution in [0.25, 0.3) is 11.3 Å². The molecule has 0 saturated heterocycles. The normalized spacial score (nSPS) is 10.4. The molecule has 4 rings (SSSR count). The number of aromatic nitrogens is 3. The van der Waals surface area contributed by atoms with Crippen molar-refractivity contribution in [3.63, 3.8) is 0 Å². The maximum atomic E-state index is 6.03. The first-order valence-electron chi connectivity index (χ1n) is 9.51. The molecule has 0 spiro atoms. The number of nitrogens with zero attached hydrogens (tertiary/aromatic N) is 3. The van der Waals surface area contributed by atoms with Crippen LogP contribution in [0.3, 0.4) is 0 Å². The first-order valence-corrected chi connectivity index (χ1v) is 10.3. The molecule has 0 aliphatic rings. The lowest BCUT2D eigenvalue weighted by Crippen LogP contribution is -2.19. The minimum atomic E-state index is 0.465. The average Bonchev–Trinajstić information content (AvgIpc) is 2.77. The van der Waals surface area contributed by atoms with Crippen molar-refractivity contribution < 1.29 is 0 Å².